The zero-order valence-electron chi connectivity index (χ0n) is 20.9. The molecule has 2 amide bonds. The van der Waals surface area contributed by atoms with Gasteiger partial charge in [-0.1, -0.05) is 64.5 Å². The fourth-order valence-corrected chi connectivity index (χ4v) is 5.82. The van der Waals surface area contributed by atoms with Gasteiger partial charge in [-0.15, -0.1) is 0 Å². The number of methoxy groups -OCH3 is 1. The monoisotopic (exact) mass is 667 g/mol. The summed E-state index contributed by atoms with van der Waals surface area (Å²) < 4.78 is 19.2. The summed E-state index contributed by atoms with van der Waals surface area (Å²) in [5.41, 5.74) is 1.71. The molecule has 0 bridgehead atoms. The van der Waals surface area contributed by atoms with E-state index in [-0.39, 0.29) is 24.3 Å². The molecule has 0 aromatic heterocycles. The van der Waals surface area contributed by atoms with Gasteiger partial charge in [-0.25, -0.2) is 0 Å². The van der Waals surface area contributed by atoms with Crippen LogP contribution in [0.3, 0.4) is 0 Å². The van der Waals surface area contributed by atoms with E-state index in [1.54, 1.807) is 19.3 Å². The molecule has 39 heavy (non-hydrogen) atoms. The average molecular weight is 669 g/mol. The first-order valence-corrected chi connectivity index (χ1v) is 14.4. The molecule has 9 heteroatoms. The minimum Gasteiger partial charge on any atom is -0.493 e. The highest BCUT2D eigenvalue weighted by atomic mass is 79.9. The Morgan fingerprint density at radius 3 is 2.46 bits per heavy atom. The number of hydrogen-bond acceptors (Lipinski definition) is 6. The molecule has 0 radical (unpaired) electrons. The summed E-state index contributed by atoms with van der Waals surface area (Å²) in [5.74, 6) is 1.43. The number of imide groups is 1. The van der Waals surface area contributed by atoms with Crippen LogP contribution in [-0.2, 0) is 11.4 Å². The van der Waals surface area contributed by atoms with E-state index < -0.39 is 0 Å². The summed E-state index contributed by atoms with van der Waals surface area (Å²) >= 11 is 7.90. The number of benzene rings is 4. The molecule has 1 heterocycles. The van der Waals surface area contributed by atoms with E-state index >= 15 is 0 Å². The lowest BCUT2D eigenvalue weighted by Crippen LogP contribution is -2.32. The van der Waals surface area contributed by atoms with Crippen LogP contribution in [0.25, 0.3) is 16.8 Å². The Kier molecular flexibility index (Phi) is 8.60. The Labute approximate surface area is 247 Å². The topological polar surface area (TPSA) is 65.1 Å². The Morgan fingerprint density at radius 2 is 1.67 bits per heavy atom. The molecule has 0 unspecified atom stereocenters. The zero-order chi connectivity index (χ0) is 27.4. The molecule has 1 fully saturated rings. The maximum Gasteiger partial charge on any atom is 0.293 e. The highest BCUT2D eigenvalue weighted by Crippen LogP contribution is 2.39. The molecule has 1 saturated heterocycles. The summed E-state index contributed by atoms with van der Waals surface area (Å²) in [5, 5.41) is 1.72. The third kappa shape index (κ3) is 6.32. The van der Waals surface area contributed by atoms with E-state index in [0.717, 1.165) is 38.3 Å². The first kappa shape index (κ1) is 27.3. The van der Waals surface area contributed by atoms with Gasteiger partial charge < -0.3 is 14.2 Å². The van der Waals surface area contributed by atoms with Crippen molar-refractivity contribution in [1.82, 2.24) is 4.90 Å². The minimum atomic E-state index is -0.350. The quantitative estimate of drug-likeness (QED) is 0.168. The largest absolute Gasteiger partial charge is 0.493 e. The lowest BCUT2D eigenvalue weighted by atomic mass is 10.1. The average Bonchev–Trinajstić information content (AvgIpc) is 3.20. The van der Waals surface area contributed by atoms with E-state index in [2.05, 4.69) is 31.9 Å². The van der Waals surface area contributed by atoms with Crippen molar-refractivity contribution in [3.8, 4) is 17.2 Å². The molecule has 1 aliphatic rings. The molecule has 0 atom stereocenters. The molecule has 5 rings (SSSR count). The van der Waals surface area contributed by atoms with Gasteiger partial charge in [-0.05, 0) is 80.6 Å². The summed E-state index contributed by atoms with van der Waals surface area (Å²) in [6, 6.07) is 25.2. The summed E-state index contributed by atoms with van der Waals surface area (Å²) in [4.78, 5) is 27.2. The van der Waals surface area contributed by atoms with Crippen molar-refractivity contribution in [2.75, 3.05) is 20.3 Å². The predicted molar refractivity (Wildman–Crippen MR) is 161 cm³/mol. The van der Waals surface area contributed by atoms with Crippen LogP contribution in [0, 0.1) is 0 Å². The molecular weight excluding hydrogens is 646 g/mol. The lowest BCUT2D eigenvalue weighted by Gasteiger charge is -2.14. The summed E-state index contributed by atoms with van der Waals surface area (Å²) in [6.07, 6.45) is 1.68. The van der Waals surface area contributed by atoms with Gasteiger partial charge in [0.2, 0.25) is 0 Å². The molecule has 1 aliphatic heterocycles. The van der Waals surface area contributed by atoms with Crippen molar-refractivity contribution in [1.29, 1.82) is 0 Å². The van der Waals surface area contributed by atoms with Crippen molar-refractivity contribution in [3.05, 3.63) is 104 Å². The van der Waals surface area contributed by atoms with Crippen LogP contribution >= 0.6 is 43.6 Å². The number of ether oxygens (including phenoxy) is 3. The Balaban J connectivity index is 1.26. The Bertz CT molecular complexity index is 1570. The van der Waals surface area contributed by atoms with Gasteiger partial charge in [-0.3, -0.25) is 14.5 Å². The normalized spacial score (nSPS) is 14.3. The van der Waals surface area contributed by atoms with Gasteiger partial charge in [0.05, 0.1) is 23.0 Å². The molecular formula is C30H23Br2NO5S. The molecule has 4 aromatic rings. The number of hydrogen-bond donors (Lipinski definition) is 0. The number of carbonyl (C=O) groups excluding carboxylic acids is 2. The third-order valence-electron chi connectivity index (χ3n) is 6.04. The first-order valence-electron chi connectivity index (χ1n) is 12.0. The van der Waals surface area contributed by atoms with E-state index in [1.165, 1.54) is 4.90 Å². The van der Waals surface area contributed by atoms with Gasteiger partial charge in [0, 0.05) is 9.86 Å². The highest BCUT2D eigenvalue weighted by Gasteiger charge is 2.35. The van der Waals surface area contributed by atoms with E-state index in [1.807, 2.05) is 72.8 Å². The van der Waals surface area contributed by atoms with Crippen molar-refractivity contribution >= 4 is 71.6 Å². The number of thioether (sulfide) groups is 1. The zero-order valence-corrected chi connectivity index (χ0v) is 24.8. The van der Waals surface area contributed by atoms with Gasteiger partial charge >= 0.3 is 0 Å². The van der Waals surface area contributed by atoms with Gasteiger partial charge in [0.25, 0.3) is 11.1 Å². The van der Waals surface area contributed by atoms with E-state index in [0.29, 0.717) is 33.0 Å². The molecule has 0 spiro atoms. The Hall–Kier alpha value is -3.27. The maximum absolute atomic E-state index is 13.1. The minimum absolute atomic E-state index is 0.154. The van der Waals surface area contributed by atoms with Gasteiger partial charge in [-0.2, -0.15) is 0 Å². The number of amides is 2. The number of rotatable bonds is 9. The van der Waals surface area contributed by atoms with E-state index in [9.17, 15) is 9.59 Å². The first-order chi connectivity index (χ1) is 18.9. The van der Waals surface area contributed by atoms with Crippen LogP contribution in [0.2, 0.25) is 0 Å². The second-order valence-corrected chi connectivity index (χ2v) is 11.4. The summed E-state index contributed by atoms with van der Waals surface area (Å²) in [6.45, 7) is 0.714. The standard InChI is InChI=1S/C30H23Br2NO5S/c1-36-26-16-20(15-24(32)28(26)38-18-19-9-11-22(31)12-10-19)17-27-29(34)33(30(35)39-27)13-14-37-25-8-4-6-21-5-2-3-7-23(21)25/h2-12,15-17H,13-14,18H2,1H3/b27-17-. The molecule has 4 aromatic carbocycles. The van der Waals surface area contributed by atoms with Crippen LogP contribution < -0.4 is 14.2 Å². The maximum atomic E-state index is 13.1. The van der Waals surface area contributed by atoms with E-state index in [4.69, 9.17) is 14.2 Å². The van der Waals surface area contributed by atoms with Crippen LogP contribution in [0.5, 0.6) is 17.2 Å². The smallest absolute Gasteiger partial charge is 0.293 e. The second kappa shape index (κ2) is 12.3. The van der Waals surface area contributed by atoms with Crippen molar-refractivity contribution in [2.24, 2.45) is 0 Å². The Morgan fingerprint density at radius 1 is 0.897 bits per heavy atom. The fraction of sp³-hybridized carbons (Fsp3) is 0.133. The van der Waals surface area contributed by atoms with Crippen LogP contribution in [0.4, 0.5) is 4.79 Å². The molecule has 0 aliphatic carbocycles. The number of fused-ring (bicyclic) bond motifs is 1. The fourth-order valence-electron chi connectivity index (χ4n) is 4.11. The van der Waals surface area contributed by atoms with Crippen LogP contribution in [0.15, 0.2) is 92.7 Å². The number of halogens is 2. The van der Waals surface area contributed by atoms with Crippen molar-refractivity contribution in [2.45, 2.75) is 6.61 Å². The lowest BCUT2D eigenvalue weighted by molar-refractivity contribution is -0.123. The third-order valence-corrected chi connectivity index (χ3v) is 8.07. The van der Waals surface area contributed by atoms with Crippen molar-refractivity contribution in [3.63, 3.8) is 0 Å². The molecule has 6 nitrogen and oxygen atoms in total. The number of nitrogens with zero attached hydrogens (tertiary/aromatic N) is 1. The molecule has 0 saturated carbocycles. The molecule has 0 N–H and O–H groups in total. The highest BCUT2D eigenvalue weighted by molar-refractivity contribution is 9.10. The summed E-state index contributed by atoms with van der Waals surface area (Å²) in [7, 11) is 1.56. The van der Waals surface area contributed by atoms with Crippen LogP contribution in [-0.4, -0.2) is 36.3 Å². The second-order valence-electron chi connectivity index (χ2n) is 8.61. The molecule has 198 valence electrons. The van der Waals surface area contributed by atoms with Crippen LogP contribution in [0.1, 0.15) is 11.1 Å². The number of carbonyl (C=O) groups is 2. The van der Waals surface area contributed by atoms with Gasteiger partial charge in [0.15, 0.2) is 11.5 Å². The van der Waals surface area contributed by atoms with Gasteiger partial charge in [0.1, 0.15) is 19.0 Å². The predicted octanol–water partition coefficient (Wildman–Crippen LogP) is 8.07. The van der Waals surface area contributed by atoms with Crippen molar-refractivity contribution < 1.29 is 23.8 Å². The SMILES string of the molecule is COc1cc(/C=C2\SC(=O)N(CCOc3cccc4ccccc34)C2=O)cc(Br)c1OCc1ccc(Br)cc1.